The van der Waals surface area contributed by atoms with Gasteiger partial charge in [-0.1, -0.05) is 86.5 Å². The molecule has 0 N–H and O–H groups in total. The van der Waals surface area contributed by atoms with Crippen LogP contribution in [0.5, 0.6) is 0 Å². The molecule has 0 radical (unpaired) electrons. The van der Waals surface area contributed by atoms with E-state index in [4.69, 9.17) is 0 Å². The van der Waals surface area contributed by atoms with Gasteiger partial charge in [-0.3, -0.25) is 0 Å². The zero-order valence-electron chi connectivity index (χ0n) is 16.9. The third-order valence-electron chi connectivity index (χ3n) is 4.77. The molecule has 0 spiro atoms. The average molecular weight is 355 g/mol. The highest BCUT2D eigenvalue weighted by Gasteiger charge is 2.18. The first-order valence-corrected chi connectivity index (χ1v) is 9.49. The third kappa shape index (κ3) is 5.08. The molecule has 27 heavy (non-hydrogen) atoms. The Kier molecular flexibility index (Phi) is 7.37. The maximum Gasteiger partial charge on any atom is -0.00313 e. The van der Waals surface area contributed by atoms with E-state index in [1.807, 2.05) is 19.1 Å². The van der Waals surface area contributed by atoms with Gasteiger partial charge < -0.3 is 0 Å². The number of benzene rings is 1. The van der Waals surface area contributed by atoms with Crippen molar-refractivity contribution in [1.82, 2.24) is 0 Å². The van der Waals surface area contributed by atoms with Gasteiger partial charge in [0.1, 0.15) is 0 Å². The summed E-state index contributed by atoms with van der Waals surface area (Å²) in [5, 5.41) is 0. The van der Waals surface area contributed by atoms with E-state index < -0.39 is 0 Å². The molecule has 0 fully saturated rings. The summed E-state index contributed by atoms with van der Waals surface area (Å²) in [6.45, 7) is 18.8. The van der Waals surface area contributed by atoms with Crippen molar-refractivity contribution in [3.8, 4) is 0 Å². The largest absolute Gasteiger partial charge is 0.0985 e. The van der Waals surface area contributed by atoms with E-state index in [0.717, 1.165) is 35.1 Å². The zero-order valence-corrected chi connectivity index (χ0v) is 16.9. The summed E-state index contributed by atoms with van der Waals surface area (Å²) < 4.78 is 0. The minimum atomic E-state index is 0.960. The Balaban J connectivity index is 2.69. The van der Waals surface area contributed by atoms with Crippen LogP contribution in [0, 0.1) is 0 Å². The number of hydrogen-bond donors (Lipinski definition) is 0. The molecule has 0 saturated carbocycles. The molecule has 0 atom stereocenters. The van der Waals surface area contributed by atoms with Crippen molar-refractivity contribution >= 4 is 5.57 Å². The summed E-state index contributed by atoms with van der Waals surface area (Å²) >= 11 is 0. The molecular weight excluding hydrogens is 324 g/mol. The Hall–Kier alpha value is -2.86. The molecule has 138 valence electrons. The van der Waals surface area contributed by atoms with E-state index in [-0.39, 0.29) is 0 Å². The number of allylic oxidation sites excluding steroid dienone is 13. The highest BCUT2D eigenvalue weighted by molar-refractivity contribution is 5.90. The Bertz CT molecular complexity index is 877. The van der Waals surface area contributed by atoms with Crippen LogP contribution in [0.4, 0.5) is 0 Å². The second-order valence-electron chi connectivity index (χ2n) is 6.83. The minimum absolute atomic E-state index is 0.960. The normalized spacial score (nSPS) is 15.7. The molecule has 0 amide bonds. The fourth-order valence-electron chi connectivity index (χ4n) is 3.35. The van der Waals surface area contributed by atoms with Gasteiger partial charge in [0, 0.05) is 0 Å². The standard InChI is InChI=1S/C27H30/c1-7-23(8-2)19-18-22(6)26(20(3)4)27(24-15-10-9-11-16-24)25-17-13-12-14-21(25)5/h7-11,14-19H,1,3,6,12-13H2,2,4-5H3/b19-18+,23-8+,27-26+. The second-order valence-corrected chi connectivity index (χ2v) is 6.83. The van der Waals surface area contributed by atoms with Crippen molar-refractivity contribution in [3.05, 3.63) is 126 Å². The second kappa shape index (κ2) is 9.73. The van der Waals surface area contributed by atoms with Crippen LogP contribution < -0.4 is 0 Å². The van der Waals surface area contributed by atoms with E-state index in [1.54, 1.807) is 0 Å². The Morgan fingerprint density at radius 3 is 2.22 bits per heavy atom. The predicted octanol–water partition coefficient (Wildman–Crippen LogP) is 7.93. The first-order valence-electron chi connectivity index (χ1n) is 9.49. The Morgan fingerprint density at radius 1 is 1.00 bits per heavy atom. The van der Waals surface area contributed by atoms with Crippen LogP contribution in [-0.4, -0.2) is 0 Å². The Labute approximate surface area is 165 Å². The van der Waals surface area contributed by atoms with Gasteiger partial charge in [-0.25, -0.2) is 0 Å². The molecule has 1 aromatic carbocycles. The number of rotatable bonds is 7. The zero-order chi connectivity index (χ0) is 19.8. The Morgan fingerprint density at radius 2 is 1.67 bits per heavy atom. The molecule has 0 heterocycles. The number of hydrogen-bond acceptors (Lipinski definition) is 0. The van der Waals surface area contributed by atoms with E-state index in [2.05, 4.69) is 88.2 Å². The fourth-order valence-corrected chi connectivity index (χ4v) is 3.35. The highest BCUT2D eigenvalue weighted by Crippen LogP contribution is 2.38. The molecule has 1 aliphatic carbocycles. The van der Waals surface area contributed by atoms with Gasteiger partial charge in [-0.2, -0.15) is 0 Å². The van der Waals surface area contributed by atoms with E-state index in [0.29, 0.717) is 0 Å². The van der Waals surface area contributed by atoms with Gasteiger partial charge in [0.05, 0.1) is 0 Å². The smallest absolute Gasteiger partial charge is 0.00313 e. The van der Waals surface area contributed by atoms with Crippen LogP contribution in [0.3, 0.4) is 0 Å². The molecule has 0 heteroatoms. The van der Waals surface area contributed by atoms with Crippen molar-refractivity contribution in [2.45, 2.75) is 33.6 Å². The fraction of sp³-hybridized carbons (Fsp3) is 0.185. The molecule has 1 aliphatic rings. The quantitative estimate of drug-likeness (QED) is 0.436. The van der Waals surface area contributed by atoms with E-state index >= 15 is 0 Å². The minimum Gasteiger partial charge on any atom is -0.0985 e. The van der Waals surface area contributed by atoms with Gasteiger partial charge in [0.15, 0.2) is 0 Å². The van der Waals surface area contributed by atoms with Crippen molar-refractivity contribution in [2.75, 3.05) is 0 Å². The first-order chi connectivity index (χ1) is 13.0. The van der Waals surface area contributed by atoms with Crippen molar-refractivity contribution < 1.29 is 0 Å². The SMILES string of the molecule is C=CC(/C=C/C(=C)/C(C(=C)C)=C(/C1=CCCC=C1C)c1ccccc1)=C\C. The molecule has 0 unspecified atom stereocenters. The summed E-state index contributed by atoms with van der Waals surface area (Å²) in [7, 11) is 0. The summed E-state index contributed by atoms with van der Waals surface area (Å²) in [6, 6.07) is 10.6. The topological polar surface area (TPSA) is 0 Å². The van der Waals surface area contributed by atoms with Gasteiger partial charge >= 0.3 is 0 Å². The molecular formula is C27H30. The summed E-state index contributed by atoms with van der Waals surface area (Å²) in [5.41, 5.74) is 9.17. The van der Waals surface area contributed by atoms with E-state index in [9.17, 15) is 0 Å². The average Bonchev–Trinajstić information content (AvgIpc) is 2.67. The first kappa shape index (κ1) is 20.5. The maximum atomic E-state index is 4.37. The van der Waals surface area contributed by atoms with Crippen LogP contribution in [0.2, 0.25) is 0 Å². The van der Waals surface area contributed by atoms with E-state index in [1.165, 1.54) is 22.3 Å². The molecule has 0 nitrogen and oxygen atoms in total. The van der Waals surface area contributed by atoms with Gasteiger partial charge in [-0.15, -0.1) is 0 Å². The lowest BCUT2D eigenvalue weighted by Gasteiger charge is -2.22. The maximum absolute atomic E-state index is 4.37. The van der Waals surface area contributed by atoms with Gasteiger partial charge in [0.25, 0.3) is 0 Å². The highest BCUT2D eigenvalue weighted by atomic mass is 14.2. The van der Waals surface area contributed by atoms with Crippen LogP contribution in [-0.2, 0) is 0 Å². The molecule has 0 aliphatic heterocycles. The molecule has 0 bridgehead atoms. The van der Waals surface area contributed by atoms with Gasteiger partial charge in [0.2, 0.25) is 0 Å². The molecule has 0 saturated heterocycles. The van der Waals surface area contributed by atoms with Crippen LogP contribution in [0.25, 0.3) is 5.57 Å². The van der Waals surface area contributed by atoms with Crippen LogP contribution in [0.15, 0.2) is 120 Å². The lowest BCUT2D eigenvalue weighted by Crippen LogP contribution is -2.02. The summed E-state index contributed by atoms with van der Waals surface area (Å²) in [4.78, 5) is 0. The van der Waals surface area contributed by atoms with Gasteiger partial charge in [-0.05, 0) is 78.2 Å². The van der Waals surface area contributed by atoms with Crippen molar-refractivity contribution in [1.29, 1.82) is 0 Å². The molecule has 1 aromatic rings. The van der Waals surface area contributed by atoms with Crippen LogP contribution >= 0.6 is 0 Å². The van der Waals surface area contributed by atoms with Crippen LogP contribution in [0.1, 0.15) is 39.2 Å². The van der Waals surface area contributed by atoms with Crippen molar-refractivity contribution in [2.24, 2.45) is 0 Å². The lowest BCUT2D eigenvalue weighted by molar-refractivity contribution is 1.00. The monoisotopic (exact) mass is 354 g/mol. The van der Waals surface area contributed by atoms with Crippen molar-refractivity contribution in [3.63, 3.8) is 0 Å². The summed E-state index contributed by atoms with van der Waals surface area (Å²) in [6.07, 6.45) is 14.8. The third-order valence-corrected chi connectivity index (χ3v) is 4.77. The molecule has 2 rings (SSSR count). The lowest BCUT2D eigenvalue weighted by atomic mass is 9.82. The summed E-state index contributed by atoms with van der Waals surface area (Å²) in [5.74, 6) is 0. The predicted molar refractivity (Wildman–Crippen MR) is 121 cm³/mol. The molecule has 0 aromatic heterocycles.